The Morgan fingerprint density at radius 1 is 0.738 bits per heavy atom. The fraction of sp³-hybridized carbons (Fsp3) is 0.143. The lowest BCUT2D eigenvalue weighted by atomic mass is 9.77. The summed E-state index contributed by atoms with van der Waals surface area (Å²) in [6.45, 7) is -0.337. The van der Waals surface area contributed by atoms with Crippen LogP contribution in [0.5, 0.6) is 0 Å². The van der Waals surface area contributed by atoms with Crippen LogP contribution in [0, 0.1) is 15.5 Å². The summed E-state index contributed by atoms with van der Waals surface area (Å²) in [4.78, 5) is 49.3. The Labute approximate surface area is 356 Å². The molecule has 7 aromatic rings. The van der Waals surface area contributed by atoms with Gasteiger partial charge in [0.25, 0.3) is 5.69 Å². The van der Waals surface area contributed by atoms with Gasteiger partial charge in [0.05, 0.1) is 4.92 Å². The van der Waals surface area contributed by atoms with Crippen molar-refractivity contribution in [2.45, 2.75) is 31.1 Å². The highest BCUT2D eigenvalue weighted by atomic mass is 32.1. The van der Waals surface area contributed by atoms with Crippen molar-refractivity contribution in [3.8, 4) is 0 Å². The molecule has 0 aliphatic heterocycles. The standard InChI is InChI=1S/C49H40N4O7S/c54-45(58-32-35-26-28-41(29-27-35)53(56)57)43(52-59-34-48(30-31-48)46(55)60-44(36-16-6-1-7-17-36)37-18-8-2-9-19-37)42-33-61-47(50-42)51-49(38-20-10-3-11-21-38,39-22-12-4-13-23-39)40-24-14-5-15-25-40/h1-29,33,44H,30-32,34H2,(H,50,51)/b52-43-. The molecular weight excluding hydrogens is 789 g/mol. The number of non-ortho nitro benzene ring substituents is 1. The van der Waals surface area contributed by atoms with Gasteiger partial charge in [0.15, 0.2) is 11.2 Å². The van der Waals surface area contributed by atoms with Crippen LogP contribution in [-0.2, 0) is 36.0 Å². The van der Waals surface area contributed by atoms with Crippen LogP contribution in [0.15, 0.2) is 186 Å². The zero-order valence-corrected chi connectivity index (χ0v) is 33.7. The van der Waals surface area contributed by atoms with E-state index in [9.17, 15) is 19.7 Å². The first-order valence-electron chi connectivity index (χ1n) is 19.7. The number of nitrogens with zero attached hydrogens (tertiary/aromatic N) is 3. The summed E-state index contributed by atoms with van der Waals surface area (Å²) in [6, 6.07) is 54.9. The summed E-state index contributed by atoms with van der Waals surface area (Å²) < 4.78 is 11.9. The predicted molar refractivity (Wildman–Crippen MR) is 233 cm³/mol. The molecule has 6 aromatic carbocycles. The molecule has 0 unspecified atom stereocenters. The summed E-state index contributed by atoms with van der Waals surface area (Å²) in [7, 11) is 0. The number of benzene rings is 6. The highest BCUT2D eigenvalue weighted by molar-refractivity contribution is 7.14. The average molecular weight is 829 g/mol. The highest BCUT2D eigenvalue weighted by Crippen LogP contribution is 2.48. The number of oxime groups is 1. The van der Waals surface area contributed by atoms with E-state index >= 15 is 0 Å². The van der Waals surface area contributed by atoms with Gasteiger partial charge in [-0.25, -0.2) is 9.78 Å². The molecule has 0 atom stereocenters. The Kier molecular flexibility index (Phi) is 12.1. The van der Waals surface area contributed by atoms with Crippen molar-refractivity contribution in [2.75, 3.05) is 11.9 Å². The Morgan fingerprint density at radius 3 is 1.70 bits per heavy atom. The summed E-state index contributed by atoms with van der Waals surface area (Å²) in [5.74, 6) is -1.27. The van der Waals surface area contributed by atoms with E-state index in [0.29, 0.717) is 23.5 Å². The zero-order valence-electron chi connectivity index (χ0n) is 32.8. The van der Waals surface area contributed by atoms with Crippen molar-refractivity contribution in [3.63, 3.8) is 0 Å². The molecule has 61 heavy (non-hydrogen) atoms. The molecule has 304 valence electrons. The SMILES string of the molecule is O=C(OCc1ccc([N+](=O)[O-])cc1)/C(=N\OCC1(C(=O)OC(c2ccccc2)c2ccccc2)CC1)c1csc(NC(c2ccccc2)(c2ccccc2)c2ccccc2)n1. The maximum Gasteiger partial charge on any atom is 0.363 e. The molecule has 0 saturated heterocycles. The third-order valence-electron chi connectivity index (χ3n) is 10.6. The van der Waals surface area contributed by atoms with Crippen LogP contribution in [-0.4, -0.2) is 34.2 Å². The number of nitro groups is 1. The molecule has 0 spiro atoms. The number of hydrogen-bond donors (Lipinski definition) is 1. The van der Waals surface area contributed by atoms with Gasteiger partial charge in [-0.05, 0) is 58.4 Å². The van der Waals surface area contributed by atoms with Gasteiger partial charge in [-0.2, -0.15) is 0 Å². The number of thiazole rings is 1. The number of nitrogens with one attached hydrogen (secondary N) is 1. The number of aromatic nitrogens is 1. The fourth-order valence-electron chi connectivity index (χ4n) is 7.10. The zero-order chi connectivity index (χ0) is 42.1. The second-order valence-corrected chi connectivity index (χ2v) is 15.5. The molecule has 8 rings (SSSR count). The van der Waals surface area contributed by atoms with Crippen molar-refractivity contribution in [2.24, 2.45) is 10.6 Å². The molecule has 0 amide bonds. The van der Waals surface area contributed by atoms with Crippen molar-refractivity contribution in [3.05, 3.63) is 230 Å². The van der Waals surface area contributed by atoms with Gasteiger partial charge < -0.3 is 19.6 Å². The molecule has 1 N–H and O–H groups in total. The quantitative estimate of drug-likeness (QED) is 0.0312. The summed E-state index contributed by atoms with van der Waals surface area (Å²) >= 11 is 1.28. The van der Waals surface area contributed by atoms with Crippen LogP contribution in [0.4, 0.5) is 10.8 Å². The molecule has 1 aliphatic rings. The molecule has 12 heteroatoms. The Hall–Kier alpha value is -7.44. The predicted octanol–water partition coefficient (Wildman–Crippen LogP) is 10.0. The molecule has 1 heterocycles. The first-order valence-corrected chi connectivity index (χ1v) is 20.5. The Balaban J connectivity index is 1.08. The monoisotopic (exact) mass is 828 g/mol. The molecule has 1 saturated carbocycles. The lowest BCUT2D eigenvalue weighted by Crippen LogP contribution is -2.38. The number of ether oxygens (including phenoxy) is 2. The van der Waals surface area contributed by atoms with E-state index in [2.05, 4.69) is 46.9 Å². The van der Waals surface area contributed by atoms with Crippen molar-refractivity contribution in [1.29, 1.82) is 0 Å². The molecular formula is C49H40N4O7S. The van der Waals surface area contributed by atoms with Crippen molar-refractivity contribution < 1.29 is 28.8 Å². The van der Waals surface area contributed by atoms with E-state index in [0.717, 1.165) is 27.8 Å². The first-order chi connectivity index (χ1) is 29.8. The number of carbonyl (C=O) groups excluding carboxylic acids is 2. The number of nitro benzene ring substituents is 1. The van der Waals surface area contributed by atoms with E-state index in [-0.39, 0.29) is 30.3 Å². The minimum atomic E-state index is -0.964. The molecule has 0 radical (unpaired) electrons. The van der Waals surface area contributed by atoms with Gasteiger partial charge in [0.1, 0.15) is 29.9 Å². The lowest BCUT2D eigenvalue weighted by molar-refractivity contribution is -0.384. The number of hydrogen-bond acceptors (Lipinski definition) is 11. The van der Waals surface area contributed by atoms with E-state index < -0.39 is 33.9 Å². The maximum absolute atomic E-state index is 13.9. The number of anilines is 1. The molecule has 1 aromatic heterocycles. The Morgan fingerprint density at radius 2 is 1.23 bits per heavy atom. The van der Waals surface area contributed by atoms with Gasteiger partial charge in [-0.3, -0.25) is 14.9 Å². The van der Waals surface area contributed by atoms with Gasteiger partial charge in [-0.1, -0.05) is 157 Å². The molecule has 1 fully saturated rings. The fourth-order valence-corrected chi connectivity index (χ4v) is 7.85. The molecule has 11 nitrogen and oxygen atoms in total. The summed E-state index contributed by atoms with van der Waals surface area (Å²) in [5.41, 5.74) is 3.12. The van der Waals surface area contributed by atoms with Gasteiger partial charge in [-0.15, -0.1) is 11.3 Å². The third kappa shape index (κ3) is 9.09. The smallest absolute Gasteiger partial charge is 0.363 e. The minimum Gasteiger partial charge on any atom is -0.456 e. The van der Waals surface area contributed by atoms with Gasteiger partial charge >= 0.3 is 11.9 Å². The van der Waals surface area contributed by atoms with E-state index in [4.69, 9.17) is 19.3 Å². The highest BCUT2D eigenvalue weighted by Gasteiger charge is 2.53. The van der Waals surface area contributed by atoms with Crippen LogP contribution < -0.4 is 5.32 Å². The van der Waals surface area contributed by atoms with Crippen molar-refractivity contribution in [1.82, 2.24) is 4.98 Å². The van der Waals surface area contributed by atoms with Crippen LogP contribution >= 0.6 is 11.3 Å². The minimum absolute atomic E-state index is 0.0859. The van der Waals surface area contributed by atoms with E-state index in [1.807, 2.05) is 115 Å². The third-order valence-corrected chi connectivity index (χ3v) is 11.3. The van der Waals surface area contributed by atoms with E-state index in [1.54, 1.807) is 5.38 Å². The number of carbonyl (C=O) groups is 2. The Bertz CT molecular complexity index is 2470. The van der Waals surface area contributed by atoms with Crippen LogP contribution in [0.1, 0.15) is 58.0 Å². The van der Waals surface area contributed by atoms with Gasteiger partial charge in [0, 0.05) is 17.5 Å². The normalized spacial score (nSPS) is 13.2. The topological polar surface area (TPSA) is 142 Å². The van der Waals surface area contributed by atoms with Crippen molar-refractivity contribution >= 4 is 39.8 Å². The summed E-state index contributed by atoms with van der Waals surface area (Å²) in [6.07, 6.45) is 0.405. The second-order valence-electron chi connectivity index (χ2n) is 14.6. The lowest BCUT2D eigenvalue weighted by Gasteiger charge is -2.36. The number of esters is 2. The molecule has 1 aliphatic carbocycles. The van der Waals surface area contributed by atoms with Gasteiger partial charge in [0.2, 0.25) is 5.71 Å². The second kappa shape index (κ2) is 18.2. The largest absolute Gasteiger partial charge is 0.456 e. The average Bonchev–Trinajstić information content (AvgIpc) is 3.98. The van der Waals surface area contributed by atoms with Crippen LogP contribution in [0.3, 0.4) is 0 Å². The maximum atomic E-state index is 13.9. The summed E-state index contributed by atoms with van der Waals surface area (Å²) in [5, 5.41) is 21.4. The first kappa shape index (κ1) is 40.3. The van der Waals surface area contributed by atoms with Crippen LogP contribution in [0.25, 0.3) is 0 Å². The van der Waals surface area contributed by atoms with E-state index in [1.165, 1.54) is 35.6 Å². The number of rotatable bonds is 17. The molecule has 0 bridgehead atoms. The van der Waals surface area contributed by atoms with Crippen LogP contribution in [0.2, 0.25) is 0 Å².